The summed E-state index contributed by atoms with van der Waals surface area (Å²) in [6, 6.07) is 0. The molecule has 1 aromatic heterocycles. The predicted molar refractivity (Wildman–Crippen MR) is 56.2 cm³/mol. The maximum absolute atomic E-state index is 8.99. The van der Waals surface area contributed by atoms with Crippen molar-refractivity contribution in [3.63, 3.8) is 0 Å². The highest BCUT2D eigenvalue weighted by Crippen LogP contribution is 2.31. The van der Waals surface area contributed by atoms with Crippen LogP contribution in [0.25, 0.3) is 0 Å². The van der Waals surface area contributed by atoms with Gasteiger partial charge in [0.05, 0.1) is 12.3 Å². The number of hydrogen-bond donors (Lipinski definition) is 1. The standard InChI is InChI=1S/C10H17NOS/c1-6(2)9-10(7(3)4)13-8(5-12)11-9/h6-7,12H,5H2,1-4H3. The lowest BCUT2D eigenvalue weighted by molar-refractivity contribution is 0.281. The highest BCUT2D eigenvalue weighted by atomic mass is 32.1. The zero-order valence-electron chi connectivity index (χ0n) is 8.66. The summed E-state index contributed by atoms with van der Waals surface area (Å²) in [5.41, 5.74) is 1.16. The molecular weight excluding hydrogens is 182 g/mol. The first-order valence-corrected chi connectivity index (χ1v) is 5.48. The second-order valence-electron chi connectivity index (χ2n) is 3.82. The van der Waals surface area contributed by atoms with Crippen LogP contribution in [0.15, 0.2) is 0 Å². The topological polar surface area (TPSA) is 33.1 Å². The van der Waals surface area contributed by atoms with Crippen LogP contribution in [0.2, 0.25) is 0 Å². The fraction of sp³-hybridized carbons (Fsp3) is 0.700. The fourth-order valence-corrected chi connectivity index (χ4v) is 2.37. The smallest absolute Gasteiger partial charge is 0.119 e. The average molecular weight is 199 g/mol. The molecule has 0 bridgehead atoms. The van der Waals surface area contributed by atoms with Crippen LogP contribution in [0.1, 0.15) is 55.1 Å². The molecule has 0 aliphatic rings. The van der Waals surface area contributed by atoms with E-state index in [0.717, 1.165) is 10.7 Å². The van der Waals surface area contributed by atoms with Gasteiger partial charge in [-0.3, -0.25) is 0 Å². The number of aliphatic hydroxyl groups is 1. The predicted octanol–water partition coefficient (Wildman–Crippen LogP) is 2.88. The molecule has 0 unspecified atom stereocenters. The van der Waals surface area contributed by atoms with Crippen LogP contribution in [-0.4, -0.2) is 10.1 Å². The van der Waals surface area contributed by atoms with Crippen LogP contribution in [0, 0.1) is 0 Å². The van der Waals surface area contributed by atoms with Gasteiger partial charge in [0.2, 0.25) is 0 Å². The van der Waals surface area contributed by atoms with Crippen molar-refractivity contribution in [3.8, 4) is 0 Å². The van der Waals surface area contributed by atoms with E-state index in [1.165, 1.54) is 4.88 Å². The quantitative estimate of drug-likeness (QED) is 0.812. The molecule has 0 saturated carbocycles. The zero-order valence-corrected chi connectivity index (χ0v) is 9.48. The van der Waals surface area contributed by atoms with E-state index in [2.05, 4.69) is 32.7 Å². The maximum atomic E-state index is 8.99. The van der Waals surface area contributed by atoms with Gasteiger partial charge in [-0.1, -0.05) is 27.7 Å². The summed E-state index contributed by atoms with van der Waals surface area (Å²) < 4.78 is 0. The van der Waals surface area contributed by atoms with Crippen molar-refractivity contribution >= 4 is 11.3 Å². The Kier molecular flexibility index (Phi) is 3.45. The summed E-state index contributed by atoms with van der Waals surface area (Å²) in [6.07, 6.45) is 0. The third-order valence-corrected chi connectivity index (χ3v) is 3.29. The molecule has 3 heteroatoms. The minimum Gasteiger partial charge on any atom is -0.389 e. The van der Waals surface area contributed by atoms with Gasteiger partial charge in [-0.25, -0.2) is 4.98 Å². The third kappa shape index (κ3) is 2.29. The first-order valence-electron chi connectivity index (χ1n) is 4.66. The molecule has 0 saturated heterocycles. The van der Waals surface area contributed by atoms with Crippen molar-refractivity contribution in [2.75, 3.05) is 0 Å². The van der Waals surface area contributed by atoms with Crippen LogP contribution in [-0.2, 0) is 6.61 Å². The summed E-state index contributed by atoms with van der Waals surface area (Å²) in [7, 11) is 0. The Morgan fingerprint density at radius 3 is 2.15 bits per heavy atom. The van der Waals surface area contributed by atoms with E-state index < -0.39 is 0 Å². The Balaban J connectivity index is 3.08. The molecule has 0 aliphatic heterocycles. The average Bonchev–Trinajstić information content (AvgIpc) is 2.47. The van der Waals surface area contributed by atoms with Gasteiger partial charge in [-0.15, -0.1) is 11.3 Å². The lowest BCUT2D eigenvalue weighted by Gasteiger charge is -2.07. The van der Waals surface area contributed by atoms with Gasteiger partial charge >= 0.3 is 0 Å². The normalized spacial score (nSPS) is 11.6. The summed E-state index contributed by atoms with van der Waals surface area (Å²) in [4.78, 5) is 5.74. The van der Waals surface area contributed by atoms with Crippen molar-refractivity contribution in [3.05, 3.63) is 15.6 Å². The Labute approximate surface area is 83.6 Å². The lowest BCUT2D eigenvalue weighted by Crippen LogP contribution is -1.95. The monoisotopic (exact) mass is 199 g/mol. The fourth-order valence-electron chi connectivity index (χ4n) is 1.29. The van der Waals surface area contributed by atoms with Crippen molar-refractivity contribution in [2.24, 2.45) is 0 Å². The molecule has 1 heterocycles. The Morgan fingerprint density at radius 1 is 1.23 bits per heavy atom. The van der Waals surface area contributed by atoms with E-state index in [1.54, 1.807) is 11.3 Å². The zero-order chi connectivity index (χ0) is 10.0. The van der Waals surface area contributed by atoms with Gasteiger partial charge in [0.15, 0.2) is 0 Å². The third-order valence-electron chi connectivity index (χ3n) is 1.93. The van der Waals surface area contributed by atoms with Gasteiger partial charge in [0, 0.05) is 4.88 Å². The summed E-state index contributed by atoms with van der Waals surface area (Å²) in [5.74, 6) is 0.962. The summed E-state index contributed by atoms with van der Waals surface area (Å²) in [5, 5.41) is 9.83. The van der Waals surface area contributed by atoms with E-state index in [1.807, 2.05) is 0 Å². The molecule has 0 aliphatic carbocycles. The first-order chi connectivity index (χ1) is 6.06. The Morgan fingerprint density at radius 2 is 1.85 bits per heavy atom. The number of hydrogen-bond acceptors (Lipinski definition) is 3. The second-order valence-corrected chi connectivity index (χ2v) is 4.94. The molecule has 0 atom stereocenters. The number of aliphatic hydroxyl groups excluding tert-OH is 1. The molecular formula is C10H17NOS. The molecule has 0 radical (unpaired) electrons. The summed E-state index contributed by atoms with van der Waals surface area (Å²) in [6.45, 7) is 8.68. The van der Waals surface area contributed by atoms with E-state index in [-0.39, 0.29) is 6.61 Å². The largest absolute Gasteiger partial charge is 0.389 e. The van der Waals surface area contributed by atoms with Gasteiger partial charge < -0.3 is 5.11 Å². The molecule has 1 rings (SSSR count). The number of aromatic nitrogens is 1. The van der Waals surface area contributed by atoms with Crippen molar-refractivity contribution in [2.45, 2.75) is 46.1 Å². The number of thiazole rings is 1. The summed E-state index contributed by atoms with van der Waals surface area (Å²) >= 11 is 1.63. The van der Waals surface area contributed by atoms with E-state index in [4.69, 9.17) is 5.11 Å². The number of nitrogens with zero attached hydrogens (tertiary/aromatic N) is 1. The molecule has 74 valence electrons. The molecule has 13 heavy (non-hydrogen) atoms. The van der Waals surface area contributed by atoms with Gasteiger partial charge in [-0.05, 0) is 11.8 Å². The minimum atomic E-state index is 0.0666. The molecule has 2 nitrogen and oxygen atoms in total. The minimum absolute atomic E-state index is 0.0666. The van der Waals surface area contributed by atoms with Crippen LogP contribution in [0.3, 0.4) is 0 Å². The van der Waals surface area contributed by atoms with E-state index in [9.17, 15) is 0 Å². The highest BCUT2D eigenvalue weighted by Gasteiger charge is 2.15. The van der Waals surface area contributed by atoms with Crippen molar-refractivity contribution in [1.82, 2.24) is 4.98 Å². The van der Waals surface area contributed by atoms with Crippen LogP contribution in [0.4, 0.5) is 0 Å². The molecule has 0 amide bonds. The molecule has 0 aromatic carbocycles. The number of rotatable bonds is 3. The van der Waals surface area contributed by atoms with Crippen LogP contribution in [0.5, 0.6) is 0 Å². The molecule has 0 spiro atoms. The van der Waals surface area contributed by atoms with Gasteiger partial charge in [0.25, 0.3) is 0 Å². The van der Waals surface area contributed by atoms with E-state index >= 15 is 0 Å². The van der Waals surface area contributed by atoms with Crippen molar-refractivity contribution < 1.29 is 5.11 Å². The Bertz CT molecular complexity index is 253. The highest BCUT2D eigenvalue weighted by molar-refractivity contribution is 7.11. The Hall–Kier alpha value is -0.410. The van der Waals surface area contributed by atoms with Gasteiger partial charge in [-0.2, -0.15) is 0 Å². The second kappa shape index (κ2) is 4.20. The van der Waals surface area contributed by atoms with Crippen LogP contribution < -0.4 is 0 Å². The van der Waals surface area contributed by atoms with Crippen LogP contribution >= 0.6 is 11.3 Å². The maximum Gasteiger partial charge on any atom is 0.119 e. The van der Waals surface area contributed by atoms with E-state index in [0.29, 0.717) is 11.8 Å². The molecule has 0 fully saturated rings. The molecule has 1 aromatic rings. The van der Waals surface area contributed by atoms with Gasteiger partial charge in [0.1, 0.15) is 5.01 Å². The lowest BCUT2D eigenvalue weighted by atomic mass is 10.0. The SMILES string of the molecule is CC(C)c1nc(CO)sc1C(C)C. The first kappa shape index (κ1) is 10.7. The van der Waals surface area contributed by atoms with Crippen molar-refractivity contribution in [1.29, 1.82) is 0 Å². The molecule has 1 N–H and O–H groups in total.